The summed E-state index contributed by atoms with van der Waals surface area (Å²) < 4.78 is 0. The molecule has 5 heteroatoms. The number of amides is 2. The first-order valence-electron chi connectivity index (χ1n) is 8.95. The third kappa shape index (κ3) is 3.31. The van der Waals surface area contributed by atoms with Crippen molar-refractivity contribution in [1.29, 1.82) is 0 Å². The maximum atomic E-state index is 12.8. The predicted octanol–water partition coefficient (Wildman–Crippen LogP) is 1.42. The summed E-state index contributed by atoms with van der Waals surface area (Å²) in [5.74, 6) is -0.205. The van der Waals surface area contributed by atoms with Crippen molar-refractivity contribution >= 4 is 11.8 Å². The van der Waals surface area contributed by atoms with Crippen LogP contribution in [-0.4, -0.2) is 54.3 Å². The fraction of sp³-hybridized carbons (Fsp3) is 0.579. The highest BCUT2D eigenvalue weighted by Gasteiger charge is 2.36. The number of likely N-dealkylation sites (tertiary alicyclic amines) is 1. The monoisotopic (exact) mass is 329 g/mol. The van der Waals surface area contributed by atoms with Gasteiger partial charge in [0, 0.05) is 25.7 Å². The Hall–Kier alpha value is -1.88. The zero-order valence-corrected chi connectivity index (χ0v) is 14.6. The number of carbonyl (C=O) groups excluding carboxylic acids is 2. The van der Waals surface area contributed by atoms with Gasteiger partial charge < -0.3 is 15.1 Å². The van der Waals surface area contributed by atoms with Crippen molar-refractivity contribution in [3.63, 3.8) is 0 Å². The van der Waals surface area contributed by atoms with Gasteiger partial charge in [0.05, 0.1) is 0 Å². The Kier molecular flexibility index (Phi) is 5.19. The lowest BCUT2D eigenvalue weighted by Crippen LogP contribution is -2.50. The van der Waals surface area contributed by atoms with Crippen molar-refractivity contribution in [2.45, 2.75) is 38.8 Å². The lowest BCUT2D eigenvalue weighted by Gasteiger charge is -2.36. The maximum Gasteiger partial charge on any atom is 0.312 e. The lowest BCUT2D eigenvalue weighted by atomic mass is 9.92. The molecule has 0 aliphatic carbocycles. The highest BCUT2D eigenvalue weighted by atomic mass is 16.2. The lowest BCUT2D eigenvalue weighted by molar-refractivity contribution is -0.153. The van der Waals surface area contributed by atoms with Crippen LogP contribution in [0.3, 0.4) is 0 Å². The topological polar surface area (TPSA) is 52.7 Å². The first-order valence-corrected chi connectivity index (χ1v) is 8.95. The third-order valence-corrected chi connectivity index (χ3v) is 5.34. The van der Waals surface area contributed by atoms with E-state index in [9.17, 15) is 9.59 Å². The predicted molar refractivity (Wildman–Crippen MR) is 93.4 cm³/mol. The van der Waals surface area contributed by atoms with E-state index in [0.717, 1.165) is 31.4 Å². The van der Waals surface area contributed by atoms with Crippen molar-refractivity contribution in [3.05, 3.63) is 35.4 Å². The van der Waals surface area contributed by atoms with Crippen LogP contribution >= 0.6 is 0 Å². The Morgan fingerprint density at radius 3 is 2.67 bits per heavy atom. The number of benzene rings is 1. The van der Waals surface area contributed by atoms with Crippen LogP contribution in [0.15, 0.2) is 24.3 Å². The Bertz CT molecular complexity index is 616. The number of nitrogens with one attached hydrogen (secondary N) is 1. The van der Waals surface area contributed by atoms with Crippen LogP contribution in [-0.2, 0) is 22.6 Å². The van der Waals surface area contributed by atoms with E-state index in [0.29, 0.717) is 25.6 Å². The summed E-state index contributed by atoms with van der Waals surface area (Å²) in [5.41, 5.74) is 2.47. The molecule has 0 aromatic heterocycles. The average Bonchev–Trinajstić information content (AvgIpc) is 3.08. The fourth-order valence-corrected chi connectivity index (χ4v) is 3.92. The van der Waals surface area contributed by atoms with E-state index < -0.39 is 0 Å². The summed E-state index contributed by atoms with van der Waals surface area (Å²) in [5, 5.41) is 3.16. The number of hydrogen-bond acceptors (Lipinski definition) is 3. The molecule has 1 aromatic rings. The molecule has 0 radical (unpaired) electrons. The van der Waals surface area contributed by atoms with Crippen molar-refractivity contribution in [3.8, 4) is 0 Å². The number of fused-ring (bicyclic) bond motifs is 1. The molecule has 2 aliphatic heterocycles. The van der Waals surface area contributed by atoms with Crippen LogP contribution in [0.25, 0.3) is 0 Å². The minimum absolute atomic E-state index is 0.118. The Morgan fingerprint density at radius 2 is 1.96 bits per heavy atom. The standard InChI is InChI=1S/C19H27N3O2/c1-3-17-10-15-6-4-5-7-16(15)13-22(17)19(24)18(23)21-9-8-14(12-21)11-20-2/h4-7,14,17,20H,3,8-13H2,1-2H3. The summed E-state index contributed by atoms with van der Waals surface area (Å²) >= 11 is 0. The molecular formula is C19H27N3O2. The van der Waals surface area contributed by atoms with Gasteiger partial charge in [0.2, 0.25) is 0 Å². The number of carbonyl (C=O) groups is 2. The van der Waals surface area contributed by atoms with E-state index in [1.165, 1.54) is 5.56 Å². The van der Waals surface area contributed by atoms with E-state index >= 15 is 0 Å². The van der Waals surface area contributed by atoms with Crippen LogP contribution in [0.5, 0.6) is 0 Å². The van der Waals surface area contributed by atoms with Crippen LogP contribution in [0.1, 0.15) is 30.9 Å². The van der Waals surface area contributed by atoms with E-state index in [4.69, 9.17) is 0 Å². The highest BCUT2D eigenvalue weighted by molar-refractivity contribution is 6.35. The molecule has 1 saturated heterocycles. The minimum Gasteiger partial charge on any atom is -0.334 e. The number of rotatable bonds is 3. The quantitative estimate of drug-likeness (QED) is 0.853. The first kappa shape index (κ1) is 17.0. The molecular weight excluding hydrogens is 302 g/mol. The van der Waals surface area contributed by atoms with E-state index in [2.05, 4.69) is 24.4 Å². The highest BCUT2D eigenvalue weighted by Crippen LogP contribution is 2.26. The second kappa shape index (κ2) is 7.34. The molecule has 3 rings (SSSR count). The van der Waals surface area contributed by atoms with Gasteiger partial charge in [-0.15, -0.1) is 0 Å². The van der Waals surface area contributed by atoms with Crippen molar-refractivity contribution in [1.82, 2.24) is 15.1 Å². The summed E-state index contributed by atoms with van der Waals surface area (Å²) in [6.07, 6.45) is 2.68. The van der Waals surface area contributed by atoms with Crippen molar-refractivity contribution in [2.24, 2.45) is 5.92 Å². The second-order valence-corrected chi connectivity index (χ2v) is 6.93. The van der Waals surface area contributed by atoms with E-state index in [1.54, 1.807) is 9.80 Å². The smallest absolute Gasteiger partial charge is 0.312 e. The third-order valence-electron chi connectivity index (χ3n) is 5.34. The number of hydrogen-bond donors (Lipinski definition) is 1. The second-order valence-electron chi connectivity index (χ2n) is 6.93. The molecule has 1 N–H and O–H groups in total. The van der Waals surface area contributed by atoms with Crippen LogP contribution in [0.2, 0.25) is 0 Å². The van der Waals surface area contributed by atoms with E-state index in [1.807, 2.05) is 19.2 Å². The van der Waals surface area contributed by atoms with Crippen LogP contribution < -0.4 is 5.32 Å². The van der Waals surface area contributed by atoms with Gasteiger partial charge in [-0.2, -0.15) is 0 Å². The van der Waals surface area contributed by atoms with Gasteiger partial charge in [-0.25, -0.2) is 0 Å². The van der Waals surface area contributed by atoms with Crippen molar-refractivity contribution in [2.75, 3.05) is 26.7 Å². The SMILES string of the molecule is CCC1Cc2ccccc2CN1C(=O)C(=O)N1CCC(CNC)C1. The summed E-state index contributed by atoms with van der Waals surface area (Å²) in [7, 11) is 1.92. The molecule has 5 nitrogen and oxygen atoms in total. The minimum atomic E-state index is -0.332. The largest absolute Gasteiger partial charge is 0.334 e. The van der Waals surface area contributed by atoms with Crippen molar-refractivity contribution < 1.29 is 9.59 Å². The van der Waals surface area contributed by atoms with Gasteiger partial charge in [0.1, 0.15) is 0 Å². The normalized spacial score (nSPS) is 23.2. The summed E-state index contributed by atoms with van der Waals surface area (Å²) in [4.78, 5) is 29.1. The molecule has 2 atom stereocenters. The summed E-state index contributed by atoms with van der Waals surface area (Å²) in [6, 6.07) is 8.35. The van der Waals surface area contributed by atoms with Gasteiger partial charge in [0.25, 0.3) is 0 Å². The van der Waals surface area contributed by atoms with Gasteiger partial charge in [-0.3, -0.25) is 9.59 Å². The fourth-order valence-electron chi connectivity index (χ4n) is 3.92. The average molecular weight is 329 g/mol. The first-order chi connectivity index (χ1) is 11.6. The number of nitrogens with zero attached hydrogens (tertiary/aromatic N) is 2. The molecule has 24 heavy (non-hydrogen) atoms. The zero-order valence-electron chi connectivity index (χ0n) is 14.6. The zero-order chi connectivity index (χ0) is 17.1. The van der Waals surface area contributed by atoms with Gasteiger partial charge in [-0.1, -0.05) is 31.2 Å². The molecule has 0 saturated carbocycles. The molecule has 2 aliphatic rings. The Morgan fingerprint density at radius 1 is 1.21 bits per heavy atom. The molecule has 130 valence electrons. The van der Waals surface area contributed by atoms with E-state index in [-0.39, 0.29) is 17.9 Å². The molecule has 0 spiro atoms. The molecule has 1 aromatic carbocycles. The van der Waals surface area contributed by atoms with Gasteiger partial charge in [-0.05, 0) is 49.9 Å². The summed E-state index contributed by atoms with van der Waals surface area (Å²) in [6.45, 7) is 4.91. The Labute approximate surface area is 144 Å². The molecule has 2 heterocycles. The molecule has 0 bridgehead atoms. The molecule has 2 unspecified atom stereocenters. The van der Waals surface area contributed by atoms with Crippen LogP contribution in [0, 0.1) is 5.92 Å². The maximum absolute atomic E-state index is 12.8. The Balaban J connectivity index is 1.71. The molecule has 1 fully saturated rings. The van der Waals surface area contributed by atoms with Gasteiger partial charge in [0.15, 0.2) is 0 Å². The molecule has 2 amide bonds. The van der Waals surface area contributed by atoms with Crippen LogP contribution in [0.4, 0.5) is 0 Å². The van der Waals surface area contributed by atoms with Gasteiger partial charge >= 0.3 is 11.8 Å².